The summed E-state index contributed by atoms with van der Waals surface area (Å²) in [6, 6.07) is 0. The Labute approximate surface area is 155 Å². The first-order valence-electron chi connectivity index (χ1n) is 9.94. The Kier molecular flexibility index (Phi) is 7.43. The smallest absolute Gasteiger partial charge is 0.252 e. The summed E-state index contributed by atoms with van der Waals surface area (Å²) in [5.41, 5.74) is 0. The number of methoxy groups -OCH3 is 1. The number of likely N-dealkylation sites (tertiary alicyclic amines) is 1. The molecule has 1 amide bonds. The van der Waals surface area contributed by atoms with Gasteiger partial charge in [-0.3, -0.25) is 4.79 Å². The molecule has 1 saturated carbocycles. The average Bonchev–Trinajstić information content (AvgIpc) is 3.14. The normalized spacial score (nSPS) is 19.8. The van der Waals surface area contributed by atoms with Crippen LogP contribution in [0.25, 0.3) is 0 Å². The summed E-state index contributed by atoms with van der Waals surface area (Å²) in [6.45, 7) is 2.49. The standard InChI is InChI=1S/C19H31N3O4/c1-24-12-9-17-20-18(26-21-17)14-25-16-7-10-22(11-8-16)19(23)13-15-5-3-2-4-6-15/h15-16H,2-14H2,1H3. The molecule has 1 aliphatic heterocycles. The number of nitrogens with zero attached hydrogens (tertiary/aromatic N) is 3. The number of rotatable bonds is 8. The molecule has 1 saturated heterocycles. The van der Waals surface area contributed by atoms with Crippen LogP contribution in [0.5, 0.6) is 0 Å². The van der Waals surface area contributed by atoms with E-state index in [0.29, 0.717) is 43.2 Å². The summed E-state index contributed by atoms with van der Waals surface area (Å²) < 4.78 is 16.1. The third kappa shape index (κ3) is 5.77. The first-order valence-corrected chi connectivity index (χ1v) is 9.94. The van der Waals surface area contributed by atoms with Gasteiger partial charge >= 0.3 is 0 Å². The maximum atomic E-state index is 12.5. The van der Waals surface area contributed by atoms with Crippen molar-refractivity contribution in [3.05, 3.63) is 11.7 Å². The number of aromatic nitrogens is 2. The van der Waals surface area contributed by atoms with E-state index in [4.69, 9.17) is 14.0 Å². The van der Waals surface area contributed by atoms with Gasteiger partial charge in [0.05, 0.1) is 12.7 Å². The van der Waals surface area contributed by atoms with E-state index in [-0.39, 0.29) is 6.10 Å². The summed E-state index contributed by atoms with van der Waals surface area (Å²) in [5.74, 6) is 2.09. The van der Waals surface area contributed by atoms with Crippen molar-refractivity contribution in [3.8, 4) is 0 Å². The van der Waals surface area contributed by atoms with Crippen molar-refractivity contribution in [3.63, 3.8) is 0 Å². The molecule has 0 N–H and O–H groups in total. The molecule has 26 heavy (non-hydrogen) atoms. The highest BCUT2D eigenvalue weighted by molar-refractivity contribution is 5.76. The molecule has 2 heterocycles. The second kappa shape index (κ2) is 10.0. The Morgan fingerprint density at radius 1 is 1.19 bits per heavy atom. The van der Waals surface area contributed by atoms with E-state index in [0.717, 1.165) is 32.4 Å². The molecule has 7 nitrogen and oxygen atoms in total. The lowest BCUT2D eigenvalue weighted by atomic mass is 9.86. The second-order valence-electron chi connectivity index (χ2n) is 7.45. The van der Waals surface area contributed by atoms with Crippen molar-refractivity contribution >= 4 is 5.91 Å². The summed E-state index contributed by atoms with van der Waals surface area (Å²) in [7, 11) is 1.65. The Morgan fingerprint density at radius 3 is 2.69 bits per heavy atom. The van der Waals surface area contributed by atoms with Gasteiger partial charge in [0.2, 0.25) is 5.91 Å². The zero-order valence-electron chi connectivity index (χ0n) is 15.8. The number of piperidine rings is 1. The van der Waals surface area contributed by atoms with Gasteiger partial charge in [-0.15, -0.1) is 0 Å². The molecule has 1 aromatic rings. The van der Waals surface area contributed by atoms with E-state index in [9.17, 15) is 4.79 Å². The molecular weight excluding hydrogens is 334 g/mol. The van der Waals surface area contributed by atoms with E-state index in [1.807, 2.05) is 4.90 Å². The van der Waals surface area contributed by atoms with Crippen LogP contribution in [-0.2, 0) is 27.3 Å². The van der Waals surface area contributed by atoms with Gasteiger partial charge in [-0.2, -0.15) is 4.98 Å². The van der Waals surface area contributed by atoms with Gasteiger partial charge in [0.25, 0.3) is 5.89 Å². The van der Waals surface area contributed by atoms with Crippen molar-refractivity contribution in [2.45, 2.75) is 70.5 Å². The fourth-order valence-electron chi connectivity index (χ4n) is 3.87. The molecule has 3 rings (SSSR count). The largest absolute Gasteiger partial charge is 0.384 e. The molecule has 1 aliphatic carbocycles. The molecule has 0 unspecified atom stereocenters. The molecule has 0 aromatic carbocycles. The summed E-state index contributed by atoms with van der Waals surface area (Å²) in [4.78, 5) is 18.8. The fourth-order valence-corrected chi connectivity index (χ4v) is 3.87. The molecule has 0 atom stereocenters. The number of carbonyl (C=O) groups is 1. The van der Waals surface area contributed by atoms with Crippen molar-refractivity contribution < 1.29 is 18.8 Å². The van der Waals surface area contributed by atoms with Crippen molar-refractivity contribution in [1.29, 1.82) is 0 Å². The average molecular weight is 365 g/mol. The van der Waals surface area contributed by atoms with E-state index in [1.165, 1.54) is 32.1 Å². The predicted molar refractivity (Wildman–Crippen MR) is 95.5 cm³/mol. The van der Waals surface area contributed by atoms with Crippen LogP contribution in [-0.4, -0.2) is 53.9 Å². The van der Waals surface area contributed by atoms with Gasteiger partial charge in [0, 0.05) is 33.0 Å². The zero-order chi connectivity index (χ0) is 18.2. The minimum absolute atomic E-state index is 0.156. The van der Waals surface area contributed by atoms with Gasteiger partial charge in [-0.1, -0.05) is 24.4 Å². The van der Waals surface area contributed by atoms with E-state index in [2.05, 4.69) is 10.1 Å². The first kappa shape index (κ1) is 19.3. The second-order valence-corrected chi connectivity index (χ2v) is 7.45. The van der Waals surface area contributed by atoms with Crippen LogP contribution >= 0.6 is 0 Å². The molecule has 0 bridgehead atoms. The van der Waals surface area contributed by atoms with Crippen molar-refractivity contribution in [2.24, 2.45) is 5.92 Å². The number of amides is 1. The summed E-state index contributed by atoms with van der Waals surface area (Å²) >= 11 is 0. The highest BCUT2D eigenvalue weighted by Crippen LogP contribution is 2.27. The van der Waals surface area contributed by atoms with Crippen LogP contribution in [0.2, 0.25) is 0 Å². The van der Waals surface area contributed by atoms with E-state index >= 15 is 0 Å². The van der Waals surface area contributed by atoms with Crippen LogP contribution in [0.1, 0.15) is 63.1 Å². The molecule has 146 valence electrons. The molecular formula is C19H31N3O4. The Balaban J connectivity index is 1.34. The van der Waals surface area contributed by atoms with Crippen LogP contribution in [0.3, 0.4) is 0 Å². The summed E-state index contributed by atoms with van der Waals surface area (Å²) in [6.07, 6.45) is 9.64. The maximum Gasteiger partial charge on any atom is 0.252 e. The number of ether oxygens (including phenoxy) is 2. The van der Waals surface area contributed by atoms with Crippen LogP contribution in [0.15, 0.2) is 4.52 Å². The van der Waals surface area contributed by atoms with Gasteiger partial charge in [-0.05, 0) is 31.6 Å². The van der Waals surface area contributed by atoms with Gasteiger partial charge in [0.15, 0.2) is 5.82 Å². The Bertz CT molecular complexity index is 549. The fraction of sp³-hybridized carbons (Fsp3) is 0.842. The lowest BCUT2D eigenvalue weighted by molar-refractivity contribution is -0.135. The lowest BCUT2D eigenvalue weighted by Crippen LogP contribution is -2.41. The SMILES string of the molecule is COCCc1noc(COC2CCN(C(=O)CC3CCCCC3)CC2)n1. The quantitative estimate of drug-likeness (QED) is 0.705. The minimum Gasteiger partial charge on any atom is -0.384 e. The van der Waals surface area contributed by atoms with Gasteiger partial charge in [0.1, 0.15) is 6.61 Å². The minimum atomic E-state index is 0.156. The molecule has 2 fully saturated rings. The van der Waals surface area contributed by atoms with Crippen molar-refractivity contribution in [2.75, 3.05) is 26.8 Å². The molecule has 2 aliphatic rings. The number of hydrogen-bond donors (Lipinski definition) is 0. The highest BCUT2D eigenvalue weighted by Gasteiger charge is 2.26. The zero-order valence-corrected chi connectivity index (χ0v) is 15.8. The molecule has 0 radical (unpaired) electrons. The third-order valence-corrected chi connectivity index (χ3v) is 5.47. The van der Waals surface area contributed by atoms with Crippen LogP contribution in [0.4, 0.5) is 0 Å². The predicted octanol–water partition coefficient (Wildman–Crippen LogP) is 2.74. The summed E-state index contributed by atoms with van der Waals surface area (Å²) in [5, 5.41) is 3.91. The van der Waals surface area contributed by atoms with E-state index < -0.39 is 0 Å². The van der Waals surface area contributed by atoms with Gasteiger partial charge in [-0.25, -0.2) is 0 Å². The number of carbonyl (C=O) groups excluding carboxylic acids is 1. The highest BCUT2D eigenvalue weighted by atomic mass is 16.5. The molecule has 1 aromatic heterocycles. The number of hydrogen-bond acceptors (Lipinski definition) is 6. The molecule has 0 spiro atoms. The van der Waals surface area contributed by atoms with E-state index in [1.54, 1.807) is 7.11 Å². The topological polar surface area (TPSA) is 77.7 Å². The first-order chi connectivity index (χ1) is 12.7. The lowest BCUT2D eigenvalue weighted by Gasteiger charge is -2.33. The van der Waals surface area contributed by atoms with Gasteiger partial charge < -0.3 is 18.9 Å². The Hall–Kier alpha value is -1.47. The van der Waals surface area contributed by atoms with Crippen LogP contribution in [0, 0.1) is 5.92 Å². The van der Waals surface area contributed by atoms with Crippen molar-refractivity contribution in [1.82, 2.24) is 15.0 Å². The van der Waals surface area contributed by atoms with Crippen LogP contribution < -0.4 is 0 Å². The maximum absolute atomic E-state index is 12.5. The Morgan fingerprint density at radius 2 is 1.96 bits per heavy atom. The monoisotopic (exact) mass is 365 g/mol. The third-order valence-electron chi connectivity index (χ3n) is 5.47. The molecule has 7 heteroatoms.